The number of ether oxygens (including phenoxy) is 2. The van der Waals surface area contributed by atoms with Gasteiger partial charge in [0.1, 0.15) is 17.7 Å². The molecule has 10 heteroatoms. The highest BCUT2D eigenvalue weighted by Crippen LogP contribution is 2.11. The molecule has 0 aliphatic rings. The van der Waals surface area contributed by atoms with E-state index < -0.39 is 53.7 Å². The molecule has 4 atom stereocenters. The smallest absolute Gasteiger partial charge is 0.408 e. The van der Waals surface area contributed by atoms with Crippen LogP contribution in [-0.4, -0.2) is 65.9 Å². The first-order valence-electron chi connectivity index (χ1n) is 11.6. The maximum absolute atomic E-state index is 13.3. The zero-order chi connectivity index (χ0) is 26.8. The molecular formula is C25H39N3O7. The predicted octanol–water partition coefficient (Wildman–Crippen LogP) is 1.69. The number of methoxy groups -OCH3 is 1. The van der Waals surface area contributed by atoms with Gasteiger partial charge in [-0.25, -0.2) is 9.59 Å². The molecule has 0 aromatic heterocycles. The molecule has 4 unspecified atom stereocenters. The fourth-order valence-electron chi connectivity index (χ4n) is 3.24. The zero-order valence-corrected chi connectivity index (χ0v) is 21.6. The van der Waals surface area contributed by atoms with Crippen molar-refractivity contribution < 1.29 is 33.8 Å². The van der Waals surface area contributed by atoms with Gasteiger partial charge in [-0.3, -0.25) is 9.59 Å². The average molecular weight is 494 g/mol. The van der Waals surface area contributed by atoms with Gasteiger partial charge in [-0.2, -0.15) is 0 Å². The van der Waals surface area contributed by atoms with Crippen molar-refractivity contribution in [2.45, 2.75) is 84.2 Å². The monoisotopic (exact) mass is 493 g/mol. The van der Waals surface area contributed by atoms with Gasteiger partial charge in [0.25, 0.3) is 0 Å². The van der Waals surface area contributed by atoms with Crippen molar-refractivity contribution in [3.8, 4) is 0 Å². The first-order chi connectivity index (χ1) is 16.2. The van der Waals surface area contributed by atoms with E-state index in [-0.39, 0.29) is 18.8 Å². The van der Waals surface area contributed by atoms with Gasteiger partial charge in [-0.05, 0) is 45.6 Å². The van der Waals surface area contributed by atoms with Gasteiger partial charge in [-0.1, -0.05) is 44.2 Å². The highest BCUT2D eigenvalue weighted by Gasteiger charge is 2.33. The van der Waals surface area contributed by atoms with Crippen LogP contribution in [0.2, 0.25) is 0 Å². The van der Waals surface area contributed by atoms with Crippen LogP contribution < -0.4 is 16.0 Å². The number of amides is 3. The van der Waals surface area contributed by atoms with Crippen molar-refractivity contribution in [3.05, 3.63) is 35.9 Å². The minimum Gasteiger partial charge on any atom is -0.467 e. The summed E-state index contributed by atoms with van der Waals surface area (Å²) in [7, 11) is 1.15. The van der Waals surface area contributed by atoms with E-state index in [1.807, 2.05) is 44.2 Å². The Morgan fingerprint density at radius 3 is 1.97 bits per heavy atom. The Kier molecular flexibility index (Phi) is 11.7. The van der Waals surface area contributed by atoms with Crippen molar-refractivity contribution >= 4 is 23.9 Å². The summed E-state index contributed by atoms with van der Waals surface area (Å²) in [6, 6.07) is 5.76. The van der Waals surface area contributed by atoms with Crippen LogP contribution >= 0.6 is 0 Å². The number of esters is 1. The number of benzene rings is 1. The van der Waals surface area contributed by atoms with Crippen molar-refractivity contribution in [1.82, 2.24) is 16.0 Å². The normalized spacial score (nSPS) is 14.8. The zero-order valence-electron chi connectivity index (χ0n) is 21.6. The van der Waals surface area contributed by atoms with E-state index >= 15 is 0 Å². The minimum absolute atomic E-state index is 0.0144. The Morgan fingerprint density at radius 1 is 0.914 bits per heavy atom. The standard InChI is InChI=1S/C25H39N3O7/c1-15(2)13-18(22(31)28-20(16(3)29)23(32)34-7)26-21(30)19(14-17-11-9-8-10-12-17)27-24(33)35-25(4,5)6/h8-12,15-16,18-20,29H,13-14H2,1-7H3,(H,26,30)(H,27,33)(H,28,31). The van der Waals surface area contributed by atoms with Gasteiger partial charge in [0.2, 0.25) is 11.8 Å². The van der Waals surface area contributed by atoms with Gasteiger partial charge < -0.3 is 30.5 Å². The van der Waals surface area contributed by atoms with Crippen LogP contribution in [0.5, 0.6) is 0 Å². The molecule has 0 spiro atoms. The molecule has 1 aromatic carbocycles. The van der Waals surface area contributed by atoms with Gasteiger partial charge in [-0.15, -0.1) is 0 Å². The summed E-state index contributed by atoms with van der Waals surface area (Å²) in [6.07, 6.45) is -1.55. The third kappa shape index (κ3) is 11.2. The van der Waals surface area contributed by atoms with Crippen LogP contribution in [0.4, 0.5) is 4.79 Å². The maximum atomic E-state index is 13.3. The van der Waals surface area contributed by atoms with Gasteiger partial charge in [0.05, 0.1) is 13.2 Å². The molecular weight excluding hydrogens is 454 g/mol. The predicted molar refractivity (Wildman–Crippen MR) is 130 cm³/mol. The highest BCUT2D eigenvalue weighted by molar-refractivity contribution is 5.93. The van der Waals surface area contributed by atoms with Crippen LogP contribution in [0.25, 0.3) is 0 Å². The Bertz CT molecular complexity index is 850. The first kappa shape index (κ1) is 29.9. The second-order valence-corrected chi connectivity index (χ2v) is 9.83. The topological polar surface area (TPSA) is 143 Å². The number of nitrogens with one attached hydrogen (secondary N) is 3. The van der Waals surface area contributed by atoms with E-state index in [1.165, 1.54) is 6.92 Å². The molecule has 0 bridgehead atoms. The molecule has 1 rings (SSSR count). The fraction of sp³-hybridized carbons (Fsp3) is 0.600. The number of carbonyl (C=O) groups excluding carboxylic acids is 4. The Morgan fingerprint density at radius 2 is 1.49 bits per heavy atom. The van der Waals surface area contributed by atoms with Crippen molar-refractivity contribution in [1.29, 1.82) is 0 Å². The van der Waals surface area contributed by atoms with E-state index in [1.54, 1.807) is 20.8 Å². The lowest BCUT2D eigenvalue weighted by atomic mass is 10.0. The Balaban J connectivity index is 3.10. The number of alkyl carbamates (subject to hydrolysis) is 1. The number of hydrogen-bond donors (Lipinski definition) is 4. The fourth-order valence-corrected chi connectivity index (χ4v) is 3.24. The van der Waals surface area contributed by atoms with E-state index in [0.29, 0.717) is 0 Å². The number of hydrogen-bond acceptors (Lipinski definition) is 7. The minimum atomic E-state index is -1.29. The quantitative estimate of drug-likeness (QED) is 0.344. The Labute approximate surface area is 207 Å². The molecule has 0 radical (unpaired) electrons. The molecule has 4 N–H and O–H groups in total. The molecule has 196 valence electrons. The van der Waals surface area contributed by atoms with Crippen LogP contribution in [0, 0.1) is 5.92 Å². The van der Waals surface area contributed by atoms with E-state index in [9.17, 15) is 24.3 Å². The maximum Gasteiger partial charge on any atom is 0.408 e. The molecule has 0 saturated carbocycles. The largest absolute Gasteiger partial charge is 0.467 e. The molecule has 1 aromatic rings. The summed E-state index contributed by atoms with van der Waals surface area (Å²) in [6.45, 7) is 10.2. The van der Waals surface area contributed by atoms with Crippen molar-refractivity contribution in [2.24, 2.45) is 5.92 Å². The van der Waals surface area contributed by atoms with Gasteiger partial charge >= 0.3 is 12.1 Å². The average Bonchev–Trinajstić information content (AvgIpc) is 2.74. The molecule has 35 heavy (non-hydrogen) atoms. The molecule has 0 saturated heterocycles. The van der Waals surface area contributed by atoms with Crippen molar-refractivity contribution in [3.63, 3.8) is 0 Å². The van der Waals surface area contributed by atoms with Gasteiger partial charge in [0.15, 0.2) is 6.04 Å². The lowest BCUT2D eigenvalue weighted by molar-refractivity contribution is -0.148. The summed E-state index contributed by atoms with van der Waals surface area (Å²) in [5.74, 6) is -2.04. The highest BCUT2D eigenvalue weighted by atomic mass is 16.6. The van der Waals surface area contributed by atoms with E-state index in [0.717, 1.165) is 12.7 Å². The lowest BCUT2D eigenvalue weighted by Crippen LogP contribution is -2.58. The van der Waals surface area contributed by atoms with Gasteiger partial charge in [0, 0.05) is 6.42 Å². The van der Waals surface area contributed by atoms with E-state index in [2.05, 4.69) is 20.7 Å². The summed E-state index contributed by atoms with van der Waals surface area (Å²) >= 11 is 0. The number of rotatable bonds is 11. The lowest BCUT2D eigenvalue weighted by Gasteiger charge is -2.27. The second-order valence-electron chi connectivity index (χ2n) is 9.83. The third-order valence-corrected chi connectivity index (χ3v) is 4.87. The summed E-state index contributed by atoms with van der Waals surface area (Å²) < 4.78 is 9.94. The summed E-state index contributed by atoms with van der Waals surface area (Å²) in [5.41, 5.74) is 0.0374. The number of carbonyl (C=O) groups is 4. The number of aliphatic hydroxyl groups excluding tert-OH is 1. The van der Waals surface area contributed by atoms with Crippen LogP contribution in [0.3, 0.4) is 0 Å². The third-order valence-electron chi connectivity index (χ3n) is 4.87. The first-order valence-corrected chi connectivity index (χ1v) is 11.6. The van der Waals surface area contributed by atoms with Crippen LogP contribution in [-0.2, 0) is 30.3 Å². The number of aliphatic hydroxyl groups is 1. The summed E-state index contributed by atoms with van der Waals surface area (Å²) in [4.78, 5) is 50.6. The molecule has 0 fully saturated rings. The second kappa shape index (κ2) is 13.7. The molecule has 0 aliphatic heterocycles. The van der Waals surface area contributed by atoms with Crippen molar-refractivity contribution in [2.75, 3.05) is 7.11 Å². The van der Waals surface area contributed by atoms with Crippen LogP contribution in [0.1, 0.15) is 53.5 Å². The van der Waals surface area contributed by atoms with Crippen LogP contribution in [0.15, 0.2) is 30.3 Å². The molecule has 0 heterocycles. The summed E-state index contributed by atoms with van der Waals surface area (Å²) in [5, 5.41) is 17.6. The molecule has 10 nitrogen and oxygen atoms in total. The SMILES string of the molecule is COC(=O)C(NC(=O)C(CC(C)C)NC(=O)C(Cc1ccccc1)NC(=O)OC(C)(C)C)C(C)O. The molecule has 3 amide bonds. The van der Waals surface area contributed by atoms with E-state index in [4.69, 9.17) is 4.74 Å². The molecule has 0 aliphatic carbocycles. The Hall–Kier alpha value is -3.14.